The summed E-state index contributed by atoms with van der Waals surface area (Å²) in [7, 11) is 1.47. The highest BCUT2D eigenvalue weighted by Crippen LogP contribution is 2.43. The number of phosphoric ester groups is 1. The van der Waals surface area contributed by atoms with Crippen LogP contribution in [0.3, 0.4) is 0 Å². The van der Waals surface area contributed by atoms with Crippen LogP contribution in [0, 0.1) is 0 Å². The number of ether oxygens (including phenoxy) is 2. The van der Waals surface area contributed by atoms with Gasteiger partial charge in [-0.2, -0.15) is 0 Å². The molecule has 1 N–H and O–H groups in total. The van der Waals surface area contributed by atoms with Gasteiger partial charge in [0.25, 0.3) is 0 Å². The molecule has 2 atom stereocenters. The number of quaternary nitrogens is 1. The van der Waals surface area contributed by atoms with E-state index in [-0.39, 0.29) is 32.0 Å². The van der Waals surface area contributed by atoms with Crippen LogP contribution in [-0.2, 0) is 32.7 Å². The predicted octanol–water partition coefficient (Wildman–Crippen LogP) is 14.9. The largest absolute Gasteiger partial charge is 0.472 e. The summed E-state index contributed by atoms with van der Waals surface area (Å²) < 4.78 is 34.4. The van der Waals surface area contributed by atoms with E-state index in [0.717, 1.165) is 64.2 Å². The maximum atomic E-state index is 12.7. The Kier molecular flexibility index (Phi) is 42.2. The molecule has 0 radical (unpaired) electrons. The van der Waals surface area contributed by atoms with Gasteiger partial charge in [-0.3, -0.25) is 18.6 Å². The smallest absolute Gasteiger partial charge is 0.462 e. The van der Waals surface area contributed by atoms with E-state index in [1.807, 2.05) is 21.1 Å². The number of nitrogens with zero attached hydrogens (tertiary/aromatic N) is 1. The van der Waals surface area contributed by atoms with Gasteiger partial charge < -0.3 is 18.9 Å². The highest BCUT2D eigenvalue weighted by atomic mass is 31.2. The number of hydrogen-bond donors (Lipinski definition) is 1. The molecule has 0 aromatic carbocycles. The van der Waals surface area contributed by atoms with E-state index in [4.69, 9.17) is 18.5 Å². The summed E-state index contributed by atoms with van der Waals surface area (Å²) in [6.07, 6.45) is 50.5. The zero-order chi connectivity index (χ0) is 45.0. The Morgan fingerprint density at radius 2 is 0.885 bits per heavy atom. The van der Waals surface area contributed by atoms with Crippen molar-refractivity contribution in [1.82, 2.24) is 0 Å². The molecule has 0 heterocycles. The van der Waals surface area contributed by atoms with E-state index in [1.165, 1.54) is 128 Å². The Morgan fingerprint density at radius 3 is 1.31 bits per heavy atom. The molecule has 0 bridgehead atoms. The molecule has 0 spiro atoms. The molecule has 0 rings (SSSR count). The van der Waals surface area contributed by atoms with Crippen molar-refractivity contribution >= 4 is 19.8 Å². The molecule has 0 saturated carbocycles. The highest BCUT2D eigenvalue weighted by molar-refractivity contribution is 7.47. The third-order valence-electron chi connectivity index (χ3n) is 10.9. The van der Waals surface area contributed by atoms with Crippen LogP contribution in [0.2, 0.25) is 0 Å². The van der Waals surface area contributed by atoms with E-state index in [1.54, 1.807) is 0 Å². The van der Waals surface area contributed by atoms with Gasteiger partial charge in [-0.1, -0.05) is 179 Å². The second-order valence-electron chi connectivity index (χ2n) is 18.2. The van der Waals surface area contributed by atoms with Crippen LogP contribution < -0.4 is 0 Å². The molecule has 358 valence electrons. The summed E-state index contributed by atoms with van der Waals surface area (Å²) in [6, 6.07) is 0. The first-order chi connectivity index (χ1) is 29.5. The standard InChI is InChI=1S/C51H96NO8P/c1-6-8-10-12-14-16-18-20-22-24-25-26-27-28-30-32-34-36-38-40-42-44-51(54)60-49(48-59-61(55,56)58-46-45-52(3,4)5)47-57-50(53)43-41-39-37-35-33-31-29-23-21-19-17-15-13-11-9-7-2/h18,20,23-25,29,49H,6-17,19,21-22,26-28,30-48H2,1-5H3/p+1/b20-18-,25-24-,29-23-. The molecule has 2 unspecified atom stereocenters. The van der Waals surface area contributed by atoms with Gasteiger partial charge in [-0.15, -0.1) is 0 Å². The number of carbonyl (C=O) groups is 2. The Balaban J connectivity index is 4.28. The first-order valence-corrected chi connectivity index (χ1v) is 26.7. The third-order valence-corrected chi connectivity index (χ3v) is 11.9. The number of carbonyl (C=O) groups excluding carboxylic acids is 2. The monoisotopic (exact) mass is 883 g/mol. The quantitative estimate of drug-likeness (QED) is 0.0212. The average Bonchev–Trinajstić information content (AvgIpc) is 3.21. The van der Waals surface area contributed by atoms with Gasteiger partial charge in [0.15, 0.2) is 6.10 Å². The number of likely N-dealkylation sites (N-methyl/N-ethyl adjacent to an activating group) is 1. The summed E-state index contributed by atoms with van der Waals surface area (Å²) in [6.45, 7) is 4.42. The van der Waals surface area contributed by atoms with Crippen LogP contribution in [0.15, 0.2) is 36.5 Å². The topological polar surface area (TPSA) is 108 Å². The Hall–Kier alpha value is -1.77. The van der Waals surface area contributed by atoms with Gasteiger partial charge in [-0.25, -0.2) is 4.57 Å². The molecule has 0 saturated heterocycles. The summed E-state index contributed by atoms with van der Waals surface area (Å²) in [5.41, 5.74) is 0. The number of unbranched alkanes of at least 4 members (excludes halogenated alkanes) is 26. The zero-order valence-corrected chi connectivity index (χ0v) is 41.3. The third kappa shape index (κ3) is 47.5. The maximum absolute atomic E-state index is 12.7. The van der Waals surface area contributed by atoms with Crippen molar-refractivity contribution in [2.75, 3.05) is 47.5 Å². The molecule has 0 aliphatic rings. The molecule has 0 aliphatic heterocycles. The van der Waals surface area contributed by atoms with E-state index in [0.29, 0.717) is 17.4 Å². The lowest BCUT2D eigenvalue weighted by atomic mass is 10.1. The normalized spacial score (nSPS) is 13.7. The van der Waals surface area contributed by atoms with Gasteiger partial charge in [-0.05, 0) is 70.6 Å². The highest BCUT2D eigenvalue weighted by Gasteiger charge is 2.27. The minimum atomic E-state index is -4.38. The van der Waals surface area contributed by atoms with Crippen molar-refractivity contribution in [3.05, 3.63) is 36.5 Å². The molecule has 0 fully saturated rings. The lowest BCUT2D eigenvalue weighted by molar-refractivity contribution is -0.870. The van der Waals surface area contributed by atoms with Crippen molar-refractivity contribution in [3.8, 4) is 0 Å². The SMILES string of the molecule is CCCCCCC/C=C\C/C=C\CCCCCCCCCCCC(=O)OC(COC(=O)CCCCCCC/C=C\CCCCCCCCC)COP(=O)(O)OCC[N+](C)(C)C. The number of hydrogen-bond acceptors (Lipinski definition) is 7. The fourth-order valence-corrected chi connectivity index (χ4v) is 7.66. The summed E-state index contributed by atoms with van der Waals surface area (Å²) >= 11 is 0. The first-order valence-electron chi connectivity index (χ1n) is 25.2. The second-order valence-corrected chi connectivity index (χ2v) is 19.6. The summed E-state index contributed by atoms with van der Waals surface area (Å²) in [4.78, 5) is 35.5. The molecule has 61 heavy (non-hydrogen) atoms. The van der Waals surface area contributed by atoms with Crippen LogP contribution in [-0.4, -0.2) is 74.9 Å². The molecule has 0 aromatic heterocycles. The van der Waals surface area contributed by atoms with E-state index in [9.17, 15) is 19.0 Å². The molecule has 0 aliphatic carbocycles. The molecular formula is C51H97NO8P+. The number of rotatable bonds is 46. The van der Waals surface area contributed by atoms with Crippen molar-refractivity contribution in [1.29, 1.82) is 0 Å². The lowest BCUT2D eigenvalue weighted by Crippen LogP contribution is -2.37. The van der Waals surface area contributed by atoms with Gasteiger partial charge in [0.05, 0.1) is 27.7 Å². The van der Waals surface area contributed by atoms with E-state index < -0.39 is 26.5 Å². The predicted molar refractivity (Wildman–Crippen MR) is 257 cm³/mol. The van der Waals surface area contributed by atoms with Gasteiger partial charge in [0, 0.05) is 12.8 Å². The average molecular weight is 883 g/mol. The Labute approximate surface area is 376 Å². The zero-order valence-electron chi connectivity index (χ0n) is 40.4. The van der Waals surface area contributed by atoms with Crippen LogP contribution >= 0.6 is 7.82 Å². The van der Waals surface area contributed by atoms with Crippen molar-refractivity contribution in [2.45, 2.75) is 232 Å². The molecular weight excluding hydrogens is 786 g/mol. The summed E-state index contributed by atoms with van der Waals surface area (Å²) in [5.74, 6) is -0.807. The van der Waals surface area contributed by atoms with Crippen molar-refractivity contribution in [3.63, 3.8) is 0 Å². The number of esters is 2. The van der Waals surface area contributed by atoms with E-state index in [2.05, 4.69) is 50.3 Å². The van der Waals surface area contributed by atoms with Gasteiger partial charge >= 0.3 is 19.8 Å². The Bertz CT molecular complexity index is 1130. The number of phosphoric acid groups is 1. The van der Waals surface area contributed by atoms with Crippen molar-refractivity contribution < 1.29 is 42.1 Å². The van der Waals surface area contributed by atoms with Crippen molar-refractivity contribution in [2.24, 2.45) is 0 Å². The van der Waals surface area contributed by atoms with Crippen LogP contribution in [0.25, 0.3) is 0 Å². The fourth-order valence-electron chi connectivity index (χ4n) is 6.92. The summed E-state index contributed by atoms with van der Waals surface area (Å²) in [5, 5.41) is 0. The molecule has 0 amide bonds. The van der Waals surface area contributed by atoms with E-state index >= 15 is 0 Å². The van der Waals surface area contributed by atoms with Crippen LogP contribution in [0.4, 0.5) is 0 Å². The van der Waals surface area contributed by atoms with Gasteiger partial charge in [0.2, 0.25) is 0 Å². The second kappa shape index (κ2) is 43.5. The molecule has 9 nitrogen and oxygen atoms in total. The molecule has 0 aromatic rings. The molecule has 10 heteroatoms. The Morgan fingerprint density at radius 1 is 0.508 bits per heavy atom. The van der Waals surface area contributed by atoms with Crippen LogP contribution in [0.5, 0.6) is 0 Å². The minimum absolute atomic E-state index is 0.0297. The minimum Gasteiger partial charge on any atom is -0.462 e. The fraction of sp³-hybridized carbons (Fsp3) is 0.843. The van der Waals surface area contributed by atoms with Gasteiger partial charge in [0.1, 0.15) is 19.8 Å². The maximum Gasteiger partial charge on any atom is 0.472 e. The van der Waals surface area contributed by atoms with Crippen LogP contribution in [0.1, 0.15) is 226 Å². The number of allylic oxidation sites excluding steroid dienone is 6. The lowest BCUT2D eigenvalue weighted by Gasteiger charge is -2.24. The first kappa shape index (κ1) is 59.2.